The van der Waals surface area contributed by atoms with Crippen LogP contribution in [0, 0.1) is 0 Å². The summed E-state index contributed by atoms with van der Waals surface area (Å²) in [6.45, 7) is 1.59. The van der Waals surface area contributed by atoms with Crippen LogP contribution in [-0.4, -0.2) is 10.9 Å². The van der Waals surface area contributed by atoms with Gasteiger partial charge in [0.1, 0.15) is 11.3 Å². The summed E-state index contributed by atoms with van der Waals surface area (Å²) in [5, 5.41) is 11.8. The molecule has 2 atom stereocenters. The molecule has 2 heterocycles. The first kappa shape index (κ1) is 15.2. The zero-order chi connectivity index (χ0) is 16.9. The summed E-state index contributed by atoms with van der Waals surface area (Å²) < 4.78 is 11.2. The molecule has 1 aliphatic rings. The van der Waals surface area contributed by atoms with Crippen molar-refractivity contribution >= 4 is 22.6 Å². The zero-order valence-corrected chi connectivity index (χ0v) is 13.7. The van der Waals surface area contributed by atoms with E-state index in [1.54, 1.807) is 31.2 Å². The lowest BCUT2D eigenvalue weighted by Gasteiger charge is -2.36. The van der Waals surface area contributed by atoms with E-state index in [9.17, 15) is 9.90 Å². The second-order valence-electron chi connectivity index (χ2n) is 6.22. The summed E-state index contributed by atoms with van der Waals surface area (Å²) in [5.74, 6) is -1.37. The molecule has 0 aliphatic carbocycles. The number of hydrogen-bond acceptors (Lipinski definition) is 4. The summed E-state index contributed by atoms with van der Waals surface area (Å²) in [4.78, 5) is 12.6. The van der Waals surface area contributed by atoms with Crippen molar-refractivity contribution in [1.29, 1.82) is 0 Å². The number of benzene rings is 2. The lowest BCUT2D eigenvalue weighted by atomic mass is 9.83. The molecule has 0 fully saturated rings. The SMILES string of the molecule is CC1(O)CC(c2cccc(Cl)c2)c2c(c3ccccc3oc2=O)O1. The first-order valence-corrected chi connectivity index (χ1v) is 8.05. The minimum absolute atomic E-state index is 0.240. The second-order valence-corrected chi connectivity index (χ2v) is 6.65. The molecule has 2 unspecified atom stereocenters. The van der Waals surface area contributed by atoms with E-state index in [2.05, 4.69) is 0 Å². The second kappa shape index (κ2) is 5.36. The highest BCUT2D eigenvalue weighted by molar-refractivity contribution is 6.30. The molecule has 1 aliphatic heterocycles. The van der Waals surface area contributed by atoms with Gasteiger partial charge in [-0.3, -0.25) is 0 Å². The van der Waals surface area contributed by atoms with Crippen LogP contribution in [0.5, 0.6) is 5.75 Å². The van der Waals surface area contributed by atoms with Gasteiger partial charge in [0.25, 0.3) is 0 Å². The monoisotopic (exact) mass is 342 g/mol. The molecule has 0 amide bonds. The van der Waals surface area contributed by atoms with Gasteiger partial charge in [0.2, 0.25) is 5.79 Å². The van der Waals surface area contributed by atoms with Crippen LogP contribution < -0.4 is 10.4 Å². The molecule has 122 valence electrons. The lowest BCUT2D eigenvalue weighted by molar-refractivity contribution is -0.136. The van der Waals surface area contributed by atoms with Gasteiger partial charge in [0.15, 0.2) is 0 Å². The normalized spacial score (nSPS) is 22.9. The average Bonchev–Trinajstić information content (AvgIpc) is 2.53. The Morgan fingerprint density at radius 3 is 2.79 bits per heavy atom. The first-order valence-electron chi connectivity index (χ1n) is 7.67. The molecule has 0 radical (unpaired) electrons. The maximum atomic E-state index is 12.6. The Balaban J connectivity index is 2.03. The molecule has 1 N–H and O–H groups in total. The fraction of sp³-hybridized carbons (Fsp3) is 0.211. The first-order chi connectivity index (χ1) is 11.4. The highest BCUT2D eigenvalue weighted by Crippen LogP contribution is 2.45. The van der Waals surface area contributed by atoms with Gasteiger partial charge in [-0.05, 0) is 29.8 Å². The quantitative estimate of drug-likeness (QED) is 0.677. The third-order valence-corrected chi connectivity index (χ3v) is 4.54. The van der Waals surface area contributed by atoms with Crippen LogP contribution >= 0.6 is 11.6 Å². The van der Waals surface area contributed by atoms with E-state index in [0.29, 0.717) is 27.3 Å². The molecule has 3 aromatic rings. The zero-order valence-electron chi connectivity index (χ0n) is 13.0. The van der Waals surface area contributed by atoms with E-state index in [1.807, 2.05) is 24.3 Å². The maximum Gasteiger partial charge on any atom is 0.343 e. The lowest BCUT2D eigenvalue weighted by Crippen LogP contribution is -2.40. The van der Waals surface area contributed by atoms with Crippen molar-refractivity contribution in [2.45, 2.75) is 25.0 Å². The largest absolute Gasteiger partial charge is 0.461 e. The van der Waals surface area contributed by atoms with Crippen LogP contribution in [0.1, 0.15) is 30.4 Å². The molecule has 1 aromatic heterocycles. The van der Waals surface area contributed by atoms with Crippen molar-refractivity contribution in [1.82, 2.24) is 0 Å². The minimum atomic E-state index is -1.39. The molecular weight excluding hydrogens is 328 g/mol. The highest BCUT2D eigenvalue weighted by atomic mass is 35.5. The fourth-order valence-corrected chi connectivity index (χ4v) is 3.50. The van der Waals surface area contributed by atoms with Crippen molar-refractivity contribution in [3.63, 3.8) is 0 Å². The molecule has 0 bridgehead atoms. The molecule has 24 heavy (non-hydrogen) atoms. The third kappa shape index (κ3) is 2.48. The Bertz CT molecular complexity index is 990. The number of hydrogen-bond donors (Lipinski definition) is 1. The molecule has 0 saturated carbocycles. The van der Waals surface area contributed by atoms with Crippen molar-refractivity contribution in [2.24, 2.45) is 0 Å². The van der Waals surface area contributed by atoms with Crippen LogP contribution in [-0.2, 0) is 0 Å². The third-order valence-electron chi connectivity index (χ3n) is 4.30. The fourth-order valence-electron chi connectivity index (χ4n) is 3.30. The van der Waals surface area contributed by atoms with Gasteiger partial charge in [-0.25, -0.2) is 4.79 Å². The van der Waals surface area contributed by atoms with E-state index >= 15 is 0 Å². The van der Waals surface area contributed by atoms with Crippen LogP contribution in [0.25, 0.3) is 11.0 Å². The van der Waals surface area contributed by atoms with Crippen LogP contribution in [0.2, 0.25) is 5.02 Å². The van der Waals surface area contributed by atoms with Crippen LogP contribution in [0.4, 0.5) is 0 Å². The van der Waals surface area contributed by atoms with Crippen LogP contribution in [0.3, 0.4) is 0 Å². The van der Waals surface area contributed by atoms with Crippen molar-refractivity contribution in [3.8, 4) is 5.75 Å². The number of ether oxygens (including phenoxy) is 1. The molecule has 4 nitrogen and oxygen atoms in total. The molecule has 5 heteroatoms. The van der Waals surface area contributed by atoms with Crippen LogP contribution in [0.15, 0.2) is 57.7 Å². The van der Waals surface area contributed by atoms with Gasteiger partial charge in [-0.1, -0.05) is 35.9 Å². The summed E-state index contributed by atoms with van der Waals surface area (Å²) >= 11 is 6.10. The number of para-hydroxylation sites is 1. The van der Waals surface area contributed by atoms with E-state index in [-0.39, 0.29) is 12.3 Å². The Morgan fingerprint density at radius 2 is 2.00 bits per heavy atom. The van der Waals surface area contributed by atoms with Gasteiger partial charge in [0.05, 0.1) is 10.9 Å². The van der Waals surface area contributed by atoms with E-state index in [4.69, 9.17) is 20.8 Å². The number of aliphatic hydroxyl groups is 1. The smallest absolute Gasteiger partial charge is 0.343 e. The van der Waals surface area contributed by atoms with Gasteiger partial charge in [-0.2, -0.15) is 0 Å². The van der Waals surface area contributed by atoms with Gasteiger partial charge in [0, 0.05) is 24.3 Å². The van der Waals surface area contributed by atoms with Gasteiger partial charge < -0.3 is 14.3 Å². The van der Waals surface area contributed by atoms with E-state index < -0.39 is 11.4 Å². The Hall–Kier alpha value is -2.30. The number of rotatable bonds is 1. The Morgan fingerprint density at radius 1 is 1.21 bits per heavy atom. The molecule has 0 saturated heterocycles. The average molecular weight is 343 g/mol. The van der Waals surface area contributed by atoms with E-state index in [1.165, 1.54) is 0 Å². The van der Waals surface area contributed by atoms with Gasteiger partial charge >= 0.3 is 5.63 Å². The van der Waals surface area contributed by atoms with Crippen molar-refractivity contribution in [3.05, 3.63) is 75.1 Å². The summed E-state index contributed by atoms with van der Waals surface area (Å²) in [5.41, 5.74) is 1.24. The highest BCUT2D eigenvalue weighted by Gasteiger charge is 2.40. The standard InChI is InChI=1S/C19H15ClO4/c1-19(22)10-14(11-5-4-6-12(20)9-11)16-17(24-19)13-7-2-3-8-15(13)23-18(16)21/h2-9,14,22H,10H2,1H3. The summed E-state index contributed by atoms with van der Waals surface area (Å²) in [6.07, 6.45) is 0.240. The van der Waals surface area contributed by atoms with Gasteiger partial charge in [-0.15, -0.1) is 0 Å². The van der Waals surface area contributed by atoms with E-state index in [0.717, 1.165) is 5.56 Å². The van der Waals surface area contributed by atoms with Crippen molar-refractivity contribution in [2.75, 3.05) is 0 Å². The molecule has 0 spiro atoms. The topological polar surface area (TPSA) is 59.7 Å². The predicted octanol–water partition coefficient (Wildman–Crippen LogP) is 4.07. The Labute approximate surface area is 143 Å². The summed E-state index contributed by atoms with van der Waals surface area (Å²) in [6, 6.07) is 14.4. The predicted molar refractivity (Wildman–Crippen MR) is 91.6 cm³/mol. The minimum Gasteiger partial charge on any atom is -0.461 e. The molecule has 2 aromatic carbocycles. The summed E-state index contributed by atoms with van der Waals surface area (Å²) in [7, 11) is 0. The number of fused-ring (bicyclic) bond motifs is 3. The molecular formula is C19H15ClO4. The Kier molecular flexibility index (Phi) is 3.41. The molecule has 4 rings (SSSR count). The maximum absolute atomic E-state index is 12.6. The van der Waals surface area contributed by atoms with Crippen molar-refractivity contribution < 1.29 is 14.3 Å². The number of halogens is 1.